The Morgan fingerprint density at radius 1 is 1.43 bits per heavy atom. The van der Waals surface area contributed by atoms with Crippen LogP contribution in [0, 0.1) is 0 Å². The second-order valence-electron chi connectivity index (χ2n) is 5.60. The van der Waals surface area contributed by atoms with Crippen LogP contribution in [0.3, 0.4) is 0 Å². The summed E-state index contributed by atoms with van der Waals surface area (Å²) >= 11 is 0. The number of hydrogen-bond acceptors (Lipinski definition) is 4. The molecule has 0 radical (unpaired) electrons. The summed E-state index contributed by atoms with van der Waals surface area (Å²) in [7, 11) is 1.82. The molecule has 8 nitrogen and oxygen atoms in total. The Hall–Kier alpha value is -2.35. The summed E-state index contributed by atoms with van der Waals surface area (Å²) in [4.78, 5) is 8.48. The Balaban J connectivity index is 1.91. The lowest BCUT2D eigenvalue weighted by Gasteiger charge is -2.20. The van der Waals surface area contributed by atoms with Crippen LogP contribution in [0.5, 0.6) is 0 Å². The lowest BCUT2D eigenvalue weighted by molar-refractivity contribution is 0.0672. The van der Waals surface area contributed by atoms with Crippen LogP contribution in [-0.4, -0.2) is 50.0 Å². The van der Waals surface area contributed by atoms with Crippen LogP contribution in [0.1, 0.15) is 19.4 Å². The Labute approximate surface area is 136 Å². The first-order valence-corrected chi connectivity index (χ1v) is 7.70. The quantitative estimate of drug-likeness (QED) is 0.496. The molecule has 23 heavy (non-hydrogen) atoms. The maximum atomic E-state index is 10.6. The molecule has 2 aromatic heterocycles. The van der Waals surface area contributed by atoms with Crippen molar-refractivity contribution in [2.24, 2.45) is 12.0 Å². The summed E-state index contributed by atoms with van der Waals surface area (Å²) in [5.74, 6) is 0.678. The maximum Gasteiger partial charge on any atom is 0.191 e. The summed E-state index contributed by atoms with van der Waals surface area (Å²) in [6.07, 6.45) is 8.91. The summed E-state index contributed by atoms with van der Waals surface area (Å²) in [6, 6.07) is 0. The number of aliphatic hydroxyl groups is 1. The van der Waals surface area contributed by atoms with Gasteiger partial charge in [-0.1, -0.05) is 0 Å². The topological polar surface area (TPSA) is 92.3 Å². The van der Waals surface area contributed by atoms with Crippen LogP contribution >= 0.6 is 0 Å². The van der Waals surface area contributed by atoms with Gasteiger partial charge in [-0.25, -0.2) is 9.98 Å². The molecule has 1 unspecified atom stereocenters. The Morgan fingerprint density at radius 2 is 2.26 bits per heavy atom. The third kappa shape index (κ3) is 5.10. The van der Waals surface area contributed by atoms with Crippen LogP contribution in [0.25, 0.3) is 0 Å². The van der Waals surface area contributed by atoms with E-state index in [0.717, 1.165) is 25.2 Å². The Bertz CT molecular complexity index is 616. The predicted octanol–water partition coefficient (Wildman–Crippen LogP) is 0.0794. The molecule has 0 amide bonds. The van der Waals surface area contributed by atoms with Crippen molar-refractivity contribution in [1.29, 1.82) is 0 Å². The fourth-order valence-corrected chi connectivity index (χ4v) is 2.09. The lowest BCUT2D eigenvalue weighted by atomic mass is 10.0. The van der Waals surface area contributed by atoms with E-state index < -0.39 is 5.60 Å². The summed E-state index contributed by atoms with van der Waals surface area (Å²) < 4.78 is 3.66. The molecule has 0 saturated heterocycles. The van der Waals surface area contributed by atoms with Crippen LogP contribution < -0.4 is 10.6 Å². The van der Waals surface area contributed by atoms with E-state index in [1.165, 1.54) is 0 Å². The van der Waals surface area contributed by atoms with E-state index in [1.54, 1.807) is 36.5 Å². The van der Waals surface area contributed by atoms with Crippen molar-refractivity contribution >= 4 is 5.96 Å². The van der Waals surface area contributed by atoms with Gasteiger partial charge in [0.05, 0.1) is 19.1 Å². The van der Waals surface area contributed by atoms with Gasteiger partial charge in [0, 0.05) is 50.8 Å². The highest BCUT2D eigenvalue weighted by atomic mass is 16.3. The van der Waals surface area contributed by atoms with Crippen LogP contribution in [0.4, 0.5) is 0 Å². The Kier molecular flexibility index (Phi) is 5.75. The molecule has 0 aliphatic carbocycles. The van der Waals surface area contributed by atoms with Crippen molar-refractivity contribution < 1.29 is 5.11 Å². The fraction of sp³-hybridized carbons (Fsp3) is 0.533. The minimum atomic E-state index is -1.05. The van der Waals surface area contributed by atoms with E-state index in [-0.39, 0.29) is 6.54 Å². The first-order chi connectivity index (χ1) is 11.0. The number of aromatic nitrogens is 4. The van der Waals surface area contributed by atoms with Gasteiger partial charge >= 0.3 is 0 Å². The molecule has 0 aromatic carbocycles. The summed E-state index contributed by atoms with van der Waals surface area (Å²) in [5, 5.41) is 21.1. The number of guanidine groups is 1. The first-order valence-electron chi connectivity index (χ1n) is 7.70. The van der Waals surface area contributed by atoms with Gasteiger partial charge in [-0.3, -0.25) is 4.68 Å². The molecule has 0 aliphatic rings. The van der Waals surface area contributed by atoms with E-state index in [0.29, 0.717) is 5.96 Å². The predicted molar refractivity (Wildman–Crippen MR) is 89.0 cm³/mol. The number of nitrogens with zero attached hydrogens (tertiary/aromatic N) is 5. The van der Waals surface area contributed by atoms with E-state index in [9.17, 15) is 5.11 Å². The SMILES string of the molecule is CCNC(=NCC(C)(O)c1cnn(C)c1)NCCn1ccnc1. The van der Waals surface area contributed by atoms with Crippen molar-refractivity contribution in [2.45, 2.75) is 26.0 Å². The van der Waals surface area contributed by atoms with Gasteiger partial charge in [0.2, 0.25) is 0 Å². The highest BCUT2D eigenvalue weighted by Crippen LogP contribution is 2.19. The van der Waals surface area contributed by atoms with Gasteiger partial charge in [0.25, 0.3) is 0 Å². The van der Waals surface area contributed by atoms with Crippen molar-refractivity contribution in [1.82, 2.24) is 30.0 Å². The smallest absolute Gasteiger partial charge is 0.191 e. The normalized spacial score (nSPS) is 14.5. The van der Waals surface area contributed by atoms with E-state index >= 15 is 0 Å². The first kappa shape index (κ1) is 17.0. The summed E-state index contributed by atoms with van der Waals surface area (Å²) in [5.41, 5.74) is -0.306. The largest absolute Gasteiger partial charge is 0.383 e. The molecular formula is C15H25N7O. The molecule has 0 bridgehead atoms. The maximum absolute atomic E-state index is 10.6. The van der Waals surface area contributed by atoms with Gasteiger partial charge in [-0.15, -0.1) is 0 Å². The average molecular weight is 319 g/mol. The van der Waals surface area contributed by atoms with Gasteiger partial charge in [-0.05, 0) is 13.8 Å². The monoisotopic (exact) mass is 319 g/mol. The molecule has 3 N–H and O–H groups in total. The lowest BCUT2D eigenvalue weighted by Crippen LogP contribution is -2.40. The second kappa shape index (κ2) is 7.77. The van der Waals surface area contributed by atoms with E-state index in [1.807, 2.05) is 24.7 Å². The highest BCUT2D eigenvalue weighted by Gasteiger charge is 2.24. The van der Waals surface area contributed by atoms with Crippen LogP contribution in [-0.2, 0) is 19.2 Å². The van der Waals surface area contributed by atoms with E-state index in [4.69, 9.17) is 0 Å². The van der Waals surface area contributed by atoms with Crippen molar-refractivity contribution in [3.05, 3.63) is 36.7 Å². The molecule has 0 aliphatic heterocycles. The second-order valence-corrected chi connectivity index (χ2v) is 5.60. The molecule has 2 heterocycles. The third-order valence-electron chi connectivity index (χ3n) is 3.44. The minimum absolute atomic E-state index is 0.249. The van der Waals surface area contributed by atoms with Crippen molar-refractivity contribution in [3.8, 4) is 0 Å². The highest BCUT2D eigenvalue weighted by molar-refractivity contribution is 5.79. The fourth-order valence-electron chi connectivity index (χ4n) is 2.09. The zero-order chi connectivity index (χ0) is 16.7. The number of imidazole rings is 1. The third-order valence-corrected chi connectivity index (χ3v) is 3.44. The number of aliphatic imine (C=N–C) groups is 1. The number of nitrogens with one attached hydrogen (secondary N) is 2. The zero-order valence-corrected chi connectivity index (χ0v) is 13.9. The molecule has 2 aromatic rings. The summed E-state index contributed by atoms with van der Waals surface area (Å²) in [6.45, 7) is 6.26. The van der Waals surface area contributed by atoms with Crippen LogP contribution in [0.15, 0.2) is 36.1 Å². The van der Waals surface area contributed by atoms with Crippen LogP contribution in [0.2, 0.25) is 0 Å². The average Bonchev–Trinajstić information content (AvgIpc) is 3.16. The number of hydrogen-bond donors (Lipinski definition) is 3. The number of aryl methyl sites for hydroxylation is 1. The zero-order valence-electron chi connectivity index (χ0n) is 13.9. The van der Waals surface area contributed by atoms with Gasteiger partial charge in [0.1, 0.15) is 5.60 Å². The molecule has 0 saturated carbocycles. The van der Waals surface area contributed by atoms with Gasteiger partial charge in [-0.2, -0.15) is 5.10 Å². The van der Waals surface area contributed by atoms with Crippen molar-refractivity contribution in [3.63, 3.8) is 0 Å². The van der Waals surface area contributed by atoms with Gasteiger partial charge in [0.15, 0.2) is 5.96 Å². The molecule has 1 atom stereocenters. The van der Waals surface area contributed by atoms with E-state index in [2.05, 4.69) is 25.7 Å². The molecule has 0 fully saturated rings. The molecular weight excluding hydrogens is 294 g/mol. The molecule has 8 heteroatoms. The minimum Gasteiger partial charge on any atom is -0.383 e. The standard InChI is InChI=1S/C15H25N7O/c1-4-17-14(18-6-8-22-7-5-16-12-22)19-11-15(2,23)13-9-20-21(3)10-13/h5,7,9-10,12,23H,4,6,8,11H2,1-3H3,(H2,17,18,19). The Morgan fingerprint density at radius 3 is 2.87 bits per heavy atom. The number of rotatable bonds is 7. The molecule has 2 rings (SSSR count). The van der Waals surface area contributed by atoms with Gasteiger partial charge < -0.3 is 20.3 Å². The molecule has 0 spiro atoms. The van der Waals surface area contributed by atoms with Crippen molar-refractivity contribution in [2.75, 3.05) is 19.6 Å². The molecule has 126 valence electrons.